The van der Waals surface area contributed by atoms with Gasteiger partial charge in [0.2, 0.25) is 0 Å². The quantitative estimate of drug-likeness (QED) is 0.641. The number of non-ortho nitro benzene ring substituents is 1. The average Bonchev–Trinajstić information content (AvgIpc) is 2.94. The number of carbonyl (C=O) groups excluding carboxylic acids is 1. The number of nitrogens with one attached hydrogen (secondary N) is 1. The number of aromatic nitrogens is 2. The van der Waals surface area contributed by atoms with Crippen LogP contribution in [0.25, 0.3) is 11.0 Å². The molecule has 0 radical (unpaired) electrons. The third-order valence-corrected chi connectivity index (χ3v) is 5.10. The number of nitro groups is 1. The topological polar surface area (TPSA) is 101 Å². The molecule has 9 heteroatoms. The number of H-pyrrole nitrogens is 1. The maximum atomic E-state index is 12.3. The first-order valence-corrected chi connectivity index (χ1v) is 9.38. The molecular weight excluding hydrogens is 356 g/mol. The van der Waals surface area contributed by atoms with E-state index >= 15 is 0 Å². The molecule has 1 aliphatic heterocycles. The van der Waals surface area contributed by atoms with Crippen LogP contribution < -0.4 is 0 Å². The van der Waals surface area contributed by atoms with E-state index in [4.69, 9.17) is 4.74 Å². The first kappa shape index (κ1) is 18.5. The van der Waals surface area contributed by atoms with Crippen molar-refractivity contribution in [3.8, 4) is 0 Å². The van der Waals surface area contributed by atoms with Crippen molar-refractivity contribution in [3.63, 3.8) is 0 Å². The lowest BCUT2D eigenvalue weighted by molar-refractivity contribution is -0.384. The van der Waals surface area contributed by atoms with Gasteiger partial charge in [0.1, 0.15) is 5.60 Å². The van der Waals surface area contributed by atoms with Crippen molar-refractivity contribution < 1.29 is 14.5 Å². The van der Waals surface area contributed by atoms with Gasteiger partial charge in [-0.1, -0.05) is 11.8 Å². The summed E-state index contributed by atoms with van der Waals surface area (Å²) < 4.78 is 5.45. The molecule has 1 aliphatic rings. The third-order valence-electron chi connectivity index (χ3n) is 3.96. The number of fused-ring (bicyclic) bond motifs is 1. The number of rotatable bonds is 3. The number of piperidine rings is 1. The van der Waals surface area contributed by atoms with Crippen LogP contribution in [0.1, 0.15) is 33.6 Å². The fourth-order valence-corrected chi connectivity index (χ4v) is 4.00. The van der Waals surface area contributed by atoms with Crippen LogP contribution in [0, 0.1) is 10.1 Å². The van der Waals surface area contributed by atoms with Crippen LogP contribution in [0.2, 0.25) is 0 Å². The Hall–Kier alpha value is -2.29. The summed E-state index contributed by atoms with van der Waals surface area (Å²) >= 11 is 1.56. The second kappa shape index (κ2) is 7.14. The standard InChI is InChI=1S/C17H22N4O4S/c1-17(2,3)25-16(22)20-8-4-5-12(10-20)26-15-18-13-7-6-11(21(23)24)9-14(13)19-15/h6-7,9,12H,4-5,8,10H2,1-3H3,(H,18,19)/t12-/m0/s1. The highest BCUT2D eigenvalue weighted by Gasteiger charge is 2.28. The number of benzene rings is 1. The van der Waals surface area contributed by atoms with E-state index in [2.05, 4.69) is 9.97 Å². The van der Waals surface area contributed by atoms with Crippen LogP contribution in [-0.4, -0.2) is 49.8 Å². The lowest BCUT2D eigenvalue weighted by Gasteiger charge is -2.33. The van der Waals surface area contributed by atoms with E-state index in [0.29, 0.717) is 29.3 Å². The summed E-state index contributed by atoms with van der Waals surface area (Å²) in [6, 6.07) is 4.57. The minimum Gasteiger partial charge on any atom is -0.444 e. The Balaban J connectivity index is 1.67. The number of amides is 1. The number of nitro benzene ring substituents is 1. The van der Waals surface area contributed by atoms with Crippen LogP contribution in [-0.2, 0) is 4.74 Å². The Bertz CT molecular complexity index is 830. The predicted molar refractivity (Wildman–Crippen MR) is 99.4 cm³/mol. The van der Waals surface area contributed by atoms with E-state index in [-0.39, 0.29) is 17.0 Å². The molecule has 8 nitrogen and oxygen atoms in total. The number of thioether (sulfide) groups is 1. The Kier molecular flexibility index (Phi) is 5.08. The highest BCUT2D eigenvalue weighted by Crippen LogP contribution is 2.30. The number of likely N-dealkylation sites (tertiary alicyclic amines) is 1. The molecule has 140 valence electrons. The van der Waals surface area contributed by atoms with Crippen molar-refractivity contribution in [1.82, 2.24) is 14.9 Å². The largest absolute Gasteiger partial charge is 0.444 e. The number of aromatic amines is 1. The normalized spacial score (nSPS) is 18.1. The van der Waals surface area contributed by atoms with Gasteiger partial charge in [0, 0.05) is 30.5 Å². The summed E-state index contributed by atoms with van der Waals surface area (Å²) in [5.74, 6) is 0. The van der Waals surface area contributed by atoms with Crippen molar-refractivity contribution >= 4 is 34.6 Å². The van der Waals surface area contributed by atoms with Gasteiger partial charge in [-0.25, -0.2) is 9.78 Å². The Morgan fingerprint density at radius 1 is 1.46 bits per heavy atom. The SMILES string of the molecule is CC(C)(C)OC(=O)N1CCC[C@H](Sc2nc3ccc([N+](=O)[O-])cc3[nH]2)C1. The molecule has 2 heterocycles. The van der Waals surface area contributed by atoms with Gasteiger partial charge in [0.05, 0.1) is 16.0 Å². The summed E-state index contributed by atoms with van der Waals surface area (Å²) in [7, 11) is 0. The predicted octanol–water partition coefficient (Wildman–Crippen LogP) is 3.96. The van der Waals surface area contributed by atoms with Crippen molar-refractivity contribution in [2.45, 2.75) is 49.6 Å². The van der Waals surface area contributed by atoms with E-state index < -0.39 is 10.5 Å². The van der Waals surface area contributed by atoms with Gasteiger partial charge in [-0.2, -0.15) is 0 Å². The summed E-state index contributed by atoms with van der Waals surface area (Å²) in [5, 5.41) is 11.8. The second-order valence-corrected chi connectivity index (χ2v) is 8.60. The molecule has 1 amide bonds. The fraction of sp³-hybridized carbons (Fsp3) is 0.529. The number of nitrogens with zero attached hydrogens (tertiary/aromatic N) is 3. The smallest absolute Gasteiger partial charge is 0.410 e. The zero-order chi connectivity index (χ0) is 18.9. The lowest BCUT2D eigenvalue weighted by Crippen LogP contribution is -2.43. The van der Waals surface area contributed by atoms with Crippen molar-refractivity contribution in [2.24, 2.45) is 0 Å². The maximum absolute atomic E-state index is 12.3. The average molecular weight is 378 g/mol. The molecule has 26 heavy (non-hydrogen) atoms. The molecular formula is C17H22N4O4S. The van der Waals surface area contributed by atoms with Crippen LogP contribution in [0.3, 0.4) is 0 Å². The minimum atomic E-state index is -0.509. The second-order valence-electron chi connectivity index (χ2n) is 7.31. The molecule has 1 fully saturated rings. The molecule has 1 N–H and O–H groups in total. The van der Waals surface area contributed by atoms with E-state index in [1.807, 2.05) is 20.8 Å². The number of hydrogen-bond acceptors (Lipinski definition) is 6. The van der Waals surface area contributed by atoms with Gasteiger partial charge in [0.25, 0.3) is 5.69 Å². The van der Waals surface area contributed by atoms with Crippen molar-refractivity contribution in [1.29, 1.82) is 0 Å². The van der Waals surface area contributed by atoms with E-state index in [9.17, 15) is 14.9 Å². The van der Waals surface area contributed by atoms with E-state index in [1.165, 1.54) is 12.1 Å². The maximum Gasteiger partial charge on any atom is 0.410 e. The molecule has 1 aromatic carbocycles. The van der Waals surface area contributed by atoms with Gasteiger partial charge < -0.3 is 14.6 Å². The highest BCUT2D eigenvalue weighted by atomic mass is 32.2. The van der Waals surface area contributed by atoms with Gasteiger partial charge in [-0.15, -0.1) is 0 Å². The monoisotopic (exact) mass is 378 g/mol. The molecule has 2 aromatic rings. The van der Waals surface area contributed by atoms with Crippen LogP contribution in [0.5, 0.6) is 0 Å². The highest BCUT2D eigenvalue weighted by molar-refractivity contribution is 7.99. The Labute approximate surface area is 155 Å². The minimum absolute atomic E-state index is 0.0338. The van der Waals surface area contributed by atoms with Crippen molar-refractivity contribution in [3.05, 3.63) is 28.3 Å². The van der Waals surface area contributed by atoms with E-state index in [1.54, 1.807) is 22.7 Å². The number of ether oxygens (including phenoxy) is 1. The third kappa shape index (κ3) is 4.46. The van der Waals surface area contributed by atoms with E-state index in [0.717, 1.165) is 12.8 Å². The van der Waals surface area contributed by atoms with Crippen LogP contribution in [0.15, 0.2) is 23.4 Å². The van der Waals surface area contributed by atoms with Crippen LogP contribution in [0.4, 0.5) is 10.5 Å². The van der Waals surface area contributed by atoms with Gasteiger partial charge >= 0.3 is 6.09 Å². The van der Waals surface area contributed by atoms with Gasteiger partial charge in [-0.3, -0.25) is 10.1 Å². The summed E-state index contributed by atoms with van der Waals surface area (Å²) in [6.07, 6.45) is 1.59. The molecule has 1 saturated heterocycles. The molecule has 0 saturated carbocycles. The molecule has 1 aromatic heterocycles. The van der Waals surface area contributed by atoms with Gasteiger partial charge in [0.15, 0.2) is 5.16 Å². The number of hydrogen-bond donors (Lipinski definition) is 1. The van der Waals surface area contributed by atoms with Crippen LogP contribution >= 0.6 is 11.8 Å². The zero-order valence-corrected chi connectivity index (χ0v) is 15.8. The molecule has 1 atom stereocenters. The molecule has 0 spiro atoms. The summed E-state index contributed by atoms with van der Waals surface area (Å²) in [6.45, 7) is 6.85. The Morgan fingerprint density at radius 3 is 2.92 bits per heavy atom. The van der Waals surface area contributed by atoms with Crippen molar-refractivity contribution in [2.75, 3.05) is 13.1 Å². The zero-order valence-electron chi connectivity index (χ0n) is 15.0. The molecule has 0 aliphatic carbocycles. The summed E-state index contributed by atoms with van der Waals surface area (Å²) in [4.78, 5) is 32.1. The number of imidazole rings is 1. The first-order chi connectivity index (χ1) is 12.2. The lowest BCUT2D eigenvalue weighted by atomic mass is 10.1. The fourth-order valence-electron chi connectivity index (χ4n) is 2.83. The number of carbonyl (C=O) groups is 1. The Morgan fingerprint density at radius 2 is 2.23 bits per heavy atom. The van der Waals surface area contributed by atoms with Gasteiger partial charge in [-0.05, 0) is 39.7 Å². The molecule has 0 bridgehead atoms. The molecule has 0 unspecified atom stereocenters. The summed E-state index contributed by atoms with van der Waals surface area (Å²) in [5.41, 5.74) is 0.857. The first-order valence-electron chi connectivity index (χ1n) is 8.50. The molecule has 3 rings (SSSR count).